The van der Waals surface area contributed by atoms with E-state index in [0.29, 0.717) is 12.5 Å². The van der Waals surface area contributed by atoms with Gasteiger partial charge in [0.05, 0.1) is 6.54 Å². The van der Waals surface area contributed by atoms with Gasteiger partial charge in [0.25, 0.3) is 0 Å². The Labute approximate surface area is 134 Å². The summed E-state index contributed by atoms with van der Waals surface area (Å²) in [5, 5.41) is 0. The van der Waals surface area contributed by atoms with Gasteiger partial charge in [0.2, 0.25) is 0 Å². The average molecular weight is 316 g/mol. The molecule has 22 heavy (non-hydrogen) atoms. The van der Waals surface area contributed by atoms with Crippen molar-refractivity contribution in [1.82, 2.24) is 19.4 Å². The monoisotopic (exact) mass is 316 g/mol. The average Bonchev–Trinajstić information content (AvgIpc) is 2.99. The van der Waals surface area contributed by atoms with Gasteiger partial charge in [-0.15, -0.1) is 0 Å². The Morgan fingerprint density at radius 2 is 2.14 bits per heavy atom. The molecule has 2 aromatic rings. The number of guanidine groups is 1. The maximum absolute atomic E-state index is 6.12. The molecule has 6 nitrogen and oxygen atoms in total. The number of rotatable bonds is 3. The van der Waals surface area contributed by atoms with E-state index in [1.54, 1.807) is 12.4 Å². The van der Waals surface area contributed by atoms with Crippen LogP contribution in [0.3, 0.4) is 0 Å². The van der Waals surface area contributed by atoms with Crippen molar-refractivity contribution >= 4 is 17.7 Å². The van der Waals surface area contributed by atoms with Crippen molar-refractivity contribution in [3.63, 3.8) is 0 Å². The number of imidazole rings is 1. The second-order valence-electron chi connectivity index (χ2n) is 5.10. The molecular formula is C15H20N6S. The summed E-state index contributed by atoms with van der Waals surface area (Å²) in [5.41, 5.74) is 7.16. The van der Waals surface area contributed by atoms with E-state index in [4.69, 9.17) is 5.73 Å². The van der Waals surface area contributed by atoms with Crippen LogP contribution in [0.4, 0.5) is 0 Å². The first kappa shape index (κ1) is 14.9. The third-order valence-electron chi connectivity index (χ3n) is 3.67. The predicted molar refractivity (Wildman–Crippen MR) is 90.3 cm³/mol. The van der Waals surface area contributed by atoms with Crippen LogP contribution in [0, 0.1) is 6.92 Å². The zero-order chi connectivity index (χ0) is 15.4. The Morgan fingerprint density at radius 3 is 2.86 bits per heavy atom. The highest BCUT2D eigenvalue weighted by atomic mass is 32.2. The fraction of sp³-hybridized carbons (Fsp3) is 0.400. The molecule has 1 fully saturated rings. The molecule has 0 aliphatic carbocycles. The lowest BCUT2D eigenvalue weighted by Gasteiger charge is -2.27. The summed E-state index contributed by atoms with van der Waals surface area (Å²) in [6.45, 7) is 4.43. The smallest absolute Gasteiger partial charge is 0.191 e. The van der Waals surface area contributed by atoms with Gasteiger partial charge in [0.1, 0.15) is 11.6 Å². The molecule has 2 aromatic heterocycles. The number of hydrogen-bond donors (Lipinski definition) is 1. The van der Waals surface area contributed by atoms with Crippen molar-refractivity contribution in [3.05, 3.63) is 42.1 Å². The SMILES string of the molecule is Cc1nccn1-c1ncccc1CN=C(N)N1CCSCC1. The highest BCUT2D eigenvalue weighted by molar-refractivity contribution is 7.99. The van der Waals surface area contributed by atoms with Crippen molar-refractivity contribution in [3.8, 4) is 5.82 Å². The first-order valence-electron chi connectivity index (χ1n) is 7.32. The number of aliphatic imine (C=N–C) groups is 1. The molecule has 3 heterocycles. The summed E-state index contributed by atoms with van der Waals surface area (Å²) in [5.74, 6) is 4.62. The van der Waals surface area contributed by atoms with Gasteiger partial charge >= 0.3 is 0 Å². The van der Waals surface area contributed by atoms with E-state index in [9.17, 15) is 0 Å². The molecule has 0 radical (unpaired) electrons. The number of hydrogen-bond acceptors (Lipinski definition) is 4. The zero-order valence-corrected chi connectivity index (χ0v) is 13.5. The first-order chi connectivity index (χ1) is 10.8. The second-order valence-corrected chi connectivity index (χ2v) is 6.33. The van der Waals surface area contributed by atoms with Crippen LogP contribution >= 0.6 is 11.8 Å². The maximum Gasteiger partial charge on any atom is 0.191 e. The number of aromatic nitrogens is 3. The van der Waals surface area contributed by atoms with Crippen molar-refractivity contribution in [2.24, 2.45) is 10.7 Å². The molecule has 0 unspecified atom stereocenters. The summed E-state index contributed by atoms with van der Waals surface area (Å²) in [4.78, 5) is 15.4. The normalized spacial score (nSPS) is 16.0. The van der Waals surface area contributed by atoms with Gasteiger partial charge in [0.15, 0.2) is 5.96 Å². The van der Waals surface area contributed by atoms with E-state index in [2.05, 4.69) is 19.9 Å². The largest absolute Gasteiger partial charge is 0.370 e. The van der Waals surface area contributed by atoms with Gasteiger partial charge in [-0.25, -0.2) is 15.0 Å². The first-order valence-corrected chi connectivity index (χ1v) is 8.48. The van der Waals surface area contributed by atoms with Gasteiger partial charge in [-0.3, -0.25) is 4.57 Å². The van der Waals surface area contributed by atoms with E-state index in [-0.39, 0.29) is 0 Å². The maximum atomic E-state index is 6.12. The lowest BCUT2D eigenvalue weighted by atomic mass is 10.2. The van der Waals surface area contributed by atoms with E-state index in [1.807, 2.05) is 41.6 Å². The van der Waals surface area contributed by atoms with Gasteiger partial charge in [0, 0.05) is 48.7 Å². The Kier molecular flexibility index (Phi) is 4.62. The molecule has 0 aromatic carbocycles. The molecular weight excluding hydrogens is 296 g/mol. The number of pyridine rings is 1. The molecule has 0 amide bonds. The summed E-state index contributed by atoms with van der Waals surface area (Å²) < 4.78 is 1.97. The number of nitrogens with two attached hydrogens (primary N) is 1. The highest BCUT2D eigenvalue weighted by Gasteiger charge is 2.13. The van der Waals surface area contributed by atoms with Crippen LogP contribution in [0.15, 0.2) is 35.7 Å². The zero-order valence-electron chi connectivity index (χ0n) is 12.6. The summed E-state index contributed by atoms with van der Waals surface area (Å²) in [6, 6.07) is 3.96. The molecule has 0 spiro atoms. The Hall–Kier alpha value is -2.02. The Morgan fingerprint density at radius 1 is 1.32 bits per heavy atom. The van der Waals surface area contributed by atoms with Crippen molar-refractivity contribution in [2.45, 2.75) is 13.5 Å². The standard InChI is InChI=1S/C15H20N6S/c1-12-17-5-6-21(12)14-13(3-2-4-18-14)11-19-15(16)20-7-9-22-10-8-20/h2-6H,7-11H2,1H3,(H2,16,19). The lowest BCUT2D eigenvalue weighted by Crippen LogP contribution is -2.42. The molecule has 1 saturated heterocycles. The molecule has 0 saturated carbocycles. The minimum Gasteiger partial charge on any atom is -0.370 e. The van der Waals surface area contributed by atoms with Gasteiger partial charge in [-0.05, 0) is 13.0 Å². The number of aryl methyl sites for hydroxylation is 1. The molecule has 3 rings (SSSR count). The molecule has 0 atom stereocenters. The van der Waals surface area contributed by atoms with Gasteiger partial charge in [-0.2, -0.15) is 11.8 Å². The van der Waals surface area contributed by atoms with Gasteiger partial charge in [-0.1, -0.05) is 6.07 Å². The highest BCUT2D eigenvalue weighted by Crippen LogP contribution is 2.15. The molecule has 7 heteroatoms. The molecule has 1 aliphatic heterocycles. The van der Waals surface area contributed by atoms with Crippen LogP contribution in [-0.4, -0.2) is 50.0 Å². The quantitative estimate of drug-likeness (QED) is 0.685. The van der Waals surface area contributed by atoms with Crippen LogP contribution in [0.5, 0.6) is 0 Å². The van der Waals surface area contributed by atoms with Crippen LogP contribution in [-0.2, 0) is 6.54 Å². The van der Waals surface area contributed by atoms with Crippen molar-refractivity contribution in [1.29, 1.82) is 0 Å². The summed E-state index contributed by atoms with van der Waals surface area (Å²) in [6.07, 6.45) is 5.47. The predicted octanol–water partition coefficient (Wildman–Crippen LogP) is 1.44. The molecule has 1 aliphatic rings. The minimum atomic E-state index is 0.524. The van der Waals surface area contributed by atoms with Crippen LogP contribution < -0.4 is 5.73 Å². The molecule has 0 bridgehead atoms. The van der Waals surface area contributed by atoms with Crippen LogP contribution in [0.1, 0.15) is 11.4 Å². The van der Waals surface area contributed by atoms with Gasteiger partial charge < -0.3 is 10.6 Å². The molecule has 2 N–H and O–H groups in total. The van der Waals surface area contributed by atoms with Crippen molar-refractivity contribution in [2.75, 3.05) is 24.6 Å². The Balaban J connectivity index is 1.79. The third kappa shape index (κ3) is 3.24. The van der Waals surface area contributed by atoms with E-state index in [1.165, 1.54) is 0 Å². The second kappa shape index (κ2) is 6.83. The van der Waals surface area contributed by atoms with Crippen LogP contribution in [0.2, 0.25) is 0 Å². The van der Waals surface area contributed by atoms with E-state index >= 15 is 0 Å². The number of thioether (sulfide) groups is 1. The van der Waals surface area contributed by atoms with E-state index in [0.717, 1.165) is 41.8 Å². The van der Waals surface area contributed by atoms with Crippen LogP contribution in [0.25, 0.3) is 5.82 Å². The summed E-state index contributed by atoms with van der Waals surface area (Å²) in [7, 11) is 0. The van der Waals surface area contributed by atoms with E-state index < -0.39 is 0 Å². The summed E-state index contributed by atoms with van der Waals surface area (Å²) >= 11 is 1.96. The fourth-order valence-corrected chi connectivity index (χ4v) is 3.33. The topological polar surface area (TPSA) is 72.3 Å². The molecule has 116 valence electrons. The number of nitrogens with zero attached hydrogens (tertiary/aromatic N) is 5. The Bertz CT molecular complexity index is 660. The lowest BCUT2D eigenvalue weighted by molar-refractivity contribution is 0.455. The van der Waals surface area contributed by atoms with Crippen molar-refractivity contribution < 1.29 is 0 Å². The third-order valence-corrected chi connectivity index (χ3v) is 4.61. The minimum absolute atomic E-state index is 0.524. The fourth-order valence-electron chi connectivity index (χ4n) is 2.43.